The van der Waals surface area contributed by atoms with Gasteiger partial charge in [-0.15, -0.1) is 0 Å². The second-order valence-electron chi connectivity index (χ2n) is 4.23. The maximum Gasteiger partial charge on any atom is 0.262 e. The standard InChI is InChI=1S/C13H9BrCl3NO2S/c1-7-2-4-11(16)13(12(7)17)18-21(19,20)8-3-5-10(15)9(14)6-8/h2-6,18H,1H3. The second-order valence-corrected chi connectivity index (χ2v) is 7.96. The molecule has 0 spiro atoms. The van der Waals surface area contributed by atoms with Gasteiger partial charge in [-0.3, -0.25) is 4.72 Å². The highest BCUT2D eigenvalue weighted by Crippen LogP contribution is 2.35. The smallest absolute Gasteiger partial charge is 0.262 e. The number of nitrogens with one attached hydrogen (secondary N) is 1. The number of halogens is 4. The Morgan fingerprint density at radius 1 is 1.05 bits per heavy atom. The Kier molecular flexibility index (Phi) is 5.11. The van der Waals surface area contributed by atoms with E-state index in [0.717, 1.165) is 5.56 Å². The molecule has 0 unspecified atom stereocenters. The molecule has 0 heterocycles. The van der Waals surface area contributed by atoms with Crippen LogP contribution in [0.15, 0.2) is 39.7 Å². The lowest BCUT2D eigenvalue weighted by Crippen LogP contribution is -2.14. The molecule has 0 amide bonds. The first-order valence-electron chi connectivity index (χ1n) is 5.65. The van der Waals surface area contributed by atoms with Crippen molar-refractivity contribution in [2.75, 3.05) is 4.72 Å². The molecule has 1 N–H and O–H groups in total. The summed E-state index contributed by atoms with van der Waals surface area (Å²) in [7, 11) is -3.82. The van der Waals surface area contributed by atoms with E-state index in [0.29, 0.717) is 9.50 Å². The lowest BCUT2D eigenvalue weighted by molar-refractivity contribution is 0.601. The van der Waals surface area contributed by atoms with E-state index in [1.54, 1.807) is 19.1 Å². The molecule has 21 heavy (non-hydrogen) atoms. The van der Waals surface area contributed by atoms with Crippen LogP contribution in [0.2, 0.25) is 15.1 Å². The molecule has 0 saturated heterocycles. The zero-order valence-corrected chi connectivity index (χ0v) is 15.3. The third-order valence-corrected chi connectivity index (χ3v) is 6.09. The van der Waals surface area contributed by atoms with E-state index in [9.17, 15) is 8.42 Å². The zero-order valence-electron chi connectivity index (χ0n) is 10.6. The summed E-state index contributed by atoms with van der Waals surface area (Å²) in [4.78, 5) is 0.0485. The van der Waals surface area contributed by atoms with Gasteiger partial charge in [0.1, 0.15) is 0 Å². The molecule has 112 valence electrons. The number of sulfonamides is 1. The third kappa shape index (κ3) is 3.66. The molecule has 0 radical (unpaired) electrons. The van der Waals surface area contributed by atoms with Crippen LogP contribution in [0.3, 0.4) is 0 Å². The largest absolute Gasteiger partial charge is 0.277 e. The topological polar surface area (TPSA) is 46.2 Å². The number of aryl methyl sites for hydroxylation is 1. The summed E-state index contributed by atoms with van der Waals surface area (Å²) in [5.41, 5.74) is 0.875. The van der Waals surface area contributed by atoms with Gasteiger partial charge in [0.2, 0.25) is 0 Å². The summed E-state index contributed by atoms with van der Waals surface area (Å²) in [5.74, 6) is 0. The van der Waals surface area contributed by atoms with Gasteiger partial charge in [0.25, 0.3) is 10.0 Å². The van der Waals surface area contributed by atoms with Crippen molar-refractivity contribution in [3.63, 3.8) is 0 Å². The minimum atomic E-state index is -3.82. The number of hydrogen-bond acceptors (Lipinski definition) is 2. The summed E-state index contributed by atoms with van der Waals surface area (Å²) in [5, 5.41) is 0.905. The summed E-state index contributed by atoms with van der Waals surface area (Å²) in [6.45, 7) is 1.76. The first-order chi connectivity index (χ1) is 9.72. The Hall–Kier alpha value is -0.460. The Labute approximate surface area is 146 Å². The van der Waals surface area contributed by atoms with Gasteiger partial charge in [-0.25, -0.2) is 8.42 Å². The van der Waals surface area contributed by atoms with Crippen molar-refractivity contribution >= 4 is 66.4 Å². The van der Waals surface area contributed by atoms with Crippen molar-refractivity contribution in [2.24, 2.45) is 0 Å². The van der Waals surface area contributed by atoms with E-state index in [1.165, 1.54) is 18.2 Å². The maximum absolute atomic E-state index is 12.4. The molecule has 0 bridgehead atoms. The van der Waals surface area contributed by atoms with Gasteiger partial charge < -0.3 is 0 Å². The Morgan fingerprint density at radius 3 is 2.29 bits per heavy atom. The lowest BCUT2D eigenvalue weighted by Gasteiger charge is -2.13. The second kappa shape index (κ2) is 6.34. The molecule has 0 aliphatic heterocycles. The fourth-order valence-electron chi connectivity index (χ4n) is 1.59. The van der Waals surface area contributed by atoms with Crippen LogP contribution in [0.5, 0.6) is 0 Å². The molecular formula is C13H9BrCl3NO2S. The number of anilines is 1. The number of hydrogen-bond donors (Lipinski definition) is 1. The van der Waals surface area contributed by atoms with E-state index in [4.69, 9.17) is 34.8 Å². The van der Waals surface area contributed by atoms with Crippen LogP contribution >= 0.6 is 50.7 Å². The van der Waals surface area contributed by atoms with Crippen molar-refractivity contribution < 1.29 is 8.42 Å². The Balaban J connectivity index is 2.47. The van der Waals surface area contributed by atoms with Crippen LogP contribution in [-0.2, 0) is 10.0 Å². The predicted octanol–water partition coefficient (Wildman–Crippen LogP) is 5.52. The van der Waals surface area contributed by atoms with Gasteiger partial charge in [0, 0.05) is 4.47 Å². The maximum atomic E-state index is 12.4. The van der Waals surface area contributed by atoms with E-state index >= 15 is 0 Å². The van der Waals surface area contributed by atoms with Crippen LogP contribution in [0.25, 0.3) is 0 Å². The average Bonchev–Trinajstić information content (AvgIpc) is 2.42. The highest BCUT2D eigenvalue weighted by Gasteiger charge is 2.19. The van der Waals surface area contributed by atoms with Crippen LogP contribution < -0.4 is 4.72 Å². The zero-order chi connectivity index (χ0) is 15.8. The van der Waals surface area contributed by atoms with Gasteiger partial charge >= 0.3 is 0 Å². The SMILES string of the molecule is Cc1ccc(Cl)c(NS(=O)(=O)c2ccc(Cl)c(Br)c2)c1Cl. The van der Waals surface area contributed by atoms with Crippen molar-refractivity contribution in [2.45, 2.75) is 11.8 Å². The molecule has 0 fully saturated rings. The quantitative estimate of drug-likeness (QED) is 0.698. The normalized spacial score (nSPS) is 11.5. The number of benzene rings is 2. The highest BCUT2D eigenvalue weighted by molar-refractivity contribution is 9.10. The third-order valence-electron chi connectivity index (χ3n) is 2.72. The molecular weight excluding hydrogens is 420 g/mol. The van der Waals surface area contributed by atoms with Crippen LogP contribution in [0.1, 0.15) is 5.56 Å². The van der Waals surface area contributed by atoms with Gasteiger partial charge in [0.05, 0.1) is 25.7 Å². The van der Waals surface area contributed by atoms with Crippen molar-refractivity contribution in [3.8, 4) is 0 Å². The molecule has 8 heteroatoms. The molecule has 0 aliphatic carbocycles. The highest BCUT2D eigenvalue weighted by atomic mass is 79.9. The molecule has 2 aromatic rings. The van der Waals surface area contributed by atoms with Crippen molar-refractivity contribution in [3.05, 3.63) is 55.4 Å². The average molecular weight is 430 g/mol. The first-order valence-corrected chi connectivity index (χ1v) is 9.06. The van der Waals surface area contributed by atoms with Crippen molar-refractivity contribution in [1.29, 1.82) is 0 Å². The van der Waals surface area contributed by atoms with Crippen LogP contribution in [-0.4, -0.2) is 8.42 Å². The van der Waals surface area contributed by atoms with Gasteiger partial charge in [-0.1, -0.05) is 40.9 Å². The van der Waals surface area contributed by atoms with Gasteiger partial charge in [-0.2, -0.15) is 0 Å². The molecule has 0 atom stereocenters. The Morgan fingerprint density at radius 2 is 1.67 bits per heavy atom. The fourth-order valence-corrected chi connectivity index (χ4v) is 3.93. The molecule has 2 rings (SSSR count). The van der Waals surface area contributed by atoms with Crippen LogP contribution in [0.4, 0.5) is 5.69 Å². The summed E-state index contributed by atoms with van der Waals surface area (Å²) in [6.07, 6.45) is 0. The summed E-state index contributed by atoms with van der Waals surface area (Å²) >= 11 is 21.2. The van der Waals surface area contributed by atoms with E-state index in [2.05, 4.69) is 20.7 Å². The summed E-state index contributed by atoms with van der Waals surface area (Å²) in [6, 6.07) is 7.58. The molecule has 0 aliphatic rings. The lowest BCUT2D eigenvalue weighted by atomic mass is 10.2. The molecule has 0 aromatic heterocycles. The Bertz CT molecular complexity index is 809. The van der Waals surface area contributed by atoms with Gasteiger partial charge in [0.15, 0.2) is 0 Å². The van der Waals surface area contributed by atoms with Gasteiger partial charge in [-0.05, 0) is 52.7 Å². The van der Waals surface area contributed by atoms with E-state index in [-0.39, 0.29) is 20.6 Å². The first kappa shape index (κ1) is 16.9. The van der Waals surface area contributed by atoms with Crippen LogP contribution in [0, 0.1) is 6.92 Å². The fraction of sp³-hybridized carbons (Fsp3) is 0.0769. The molecule has 0 saturated carbocycles. The predicted molar refractivity (Wildman–Crippen MR) is 91.2 cm³/mol. The minimum absolute atomic E-state index is 0.0485. The van der Waals surface area contributed by atoms with Crippen molar-refractivity contribution in [1.82, 2.24) is 0 Å². The molecule has 3 nitrogen and oxygen atoms in total. The monoisotopic (exact) mass is 427 g/mol. The minimum Gasteiger partial charge on any atom is -0.277 e. The number of rotatable bonds is 3. The molecule has 2 aromatic carbocycles. The van der Waals surface area contributed by atoms with E-state index in [1.807, 2.05) is 0 Å². The summed E-state index contributed by atoms with van der Waals surface area (Å²) < 4.78 is 27.7. The van der Waals surface area contributed by atoms with E-state index < -0.39 is 10.0 Å².